The Kier molecular flexibility index (Phi) is 6.89. The summed E-state index contributed by atoms with van der Waals surface area (Å²) >= 11 is 0. The van der Waals surface area contributed by atoms with Crippen LogP contribution in [0, 0.1) is 6.92 Å². The molecule has 0 atom stereocenters. The van der Waals surface area contributed by atoms with Crippen LogP contribution in [0.3, 0.4) is 0 Å². The van der Waals surface area contributed by atoms with E-state index < -0.39 is 0 Å². The van der Waals surface area contributed by atoms with Gasteiger partial charge < -0.3 is 20.0 Å². The second kappa shape index (κ2) is 9.78. The van der Waals surface area contributed by atoms with Crippen molar-refractivity contribution in [3.63, 3.8) is 0 Å². The molecule has 0 aliphatic carbocycles. The average Bonchev–Trinajstić information content (AvgIpc) is 3.20. The molecule has 0 unspecified atom stereocenters. The third kappa shape index (κ3) is 5.60. The zero-order valence-corrected chi connectivity index (χ0v) is 17.6. The highest BCUT2D eigenvalue weighted by atomic mass is 16.3. The lowest BCUT2D eigenvalue weighted by molar-refractivity contribution is 0.572. The van der Waals surface area contributed by atoms with Crippen molar-refractivity contribution in [3.05, 3.63) is 71.6 Å². The van der Waals surface area contributed by atoms with E-state index in [2.05, 4.69) is 66.7 Å². The van der Waals surface area contributed by atoms with Gasteiger partial charge in [0.2, 0.25) is 5.89 Å². The third-order valence-corrected chi connectivity index (χ3v) is 4.48. The monoisotopic (exact) mass is 391 g/mol. The van der Waals surface area contributed by atoms with Crippen LogP contribution in [-0.4, -0.2) is 31.6 Å². The fourth-order valence-electron chi connectivity index (χ4n) is 3.01. The number of rotatable bonds is 7. The van der Waals surface area contributed by atoms with Crippen molar-refractivity contribution in [1.82, 2.24) is 15.6 Å². The summed E-state index contributed by atoms with van der Waals surface area (Å²) in [6, 6.07) is 16.3. The van der Waals surface area contributed by atoms with Crippen LogP contribution in [0.5, 0.6) is 0 Å². The van der Waals surface area contributed by atoms with Gasteiger partial charge >= 0.3 is 0 Å². The Morgan fingerprint density at radius 2 is 1.90 bits per heavy atom. The van der Waals surface area contributed by atoms with E-state index in [-0.39, 0.29) is 0 Å². The molecular formula is C23H29N5O. The lowest BCUT2D eigenvalue weighted by Gasteiger charge is -2.18. The van der Waals surface area contributed by atoms with Crippen LogP contribution in [0.15, 0.2) is 64.2 Å². The molecule has 0 aliphatic heterocycles. The third-order valence-electron chi connectivity index (χ3n) is 4.48. The van der Waals surface area contributed by atoms with Crippen molar-refractivity contribution in [2.45, 2.75) is 26.9 Å². The molecule has 0 spiro atoms. The van der Waals surface area contributed by atoms with Crippen LogP contribution >= 0.6 is 0 Å². The Balaban J connectivity index is 1.67. The molecule has 6 nitrogen and oxygen atoms in total. The van der Waals surface area contributed by atoms with Crippen molar-refractivity contribution in [3.8, 4) is 11.5 Å². The van der Waals surface area contributed by atoms with Crippen molar-refractivity contribution >= 4 is 11.6 Å². The number of anilines is 1. The zero-order chi connectivity index (χ0) is 20.6. The van der Waals surface area contributed by atoms with Gasteiger partial charge in [0.05, 0.1) is 18.8 Å². The molecular weight excluding hydrogens is 362 g/mol. The number of aromatic nitrogens is 1. The highest BCUT2D eigenvalue weighted by molar-refractivity contribution is 5.79. The highest BCUT2D eigenvalue weighted by Crippen LogP contribution is 2.21. The van der Waals surface area contributed by atoms with Crippen molar-refractivity contribution in [2.24, 2.45) is 4.99 Å². The Morgan fingerprint density at radius 1 is 1.10 bits per heavy atom. The topological polar surface area (TPSA) is 65.7 Å². The molecule has 6 heteroatoms. The van der Waals surface area contributed by atoms with Gasteiger partial charge in [0, 0.05) is 31.9 Å². The number of aryl methyl sites for hydroxylation is 1. The van der Waals surface area contributed by atoms with Crippen molar-refractivity contribution in [1.29, 1.82) is 0 Å². The minimum Gasteiger partial charge on any atom is -0.444 e. The Bertz CT molecular complexity index is 947. The van der Waals surface area contributed by atoms with E-state index in [0.717, 1.165) is 23.8 Å². The van der Waals surface area contributed by atoms with Gasteiger partial charge in [0.15, 0.2) is 5.96 Å². The van der Waals surface area contributed by atoms with E-state index in [9.17, 15) is 0 Å². The summed E-state index contributed by atoms with van der Waals surface area (Å²) in [6.07, 6.45) is 1.68. The summed E-state index contributed by atoms with van der Waals surface area (Å²) in [5.74, 6) is 1.38. The number of aliphatic imine (C=N–C) groups is 1. The van der Waals surface area contributed by atoms with Gasteiger partial charge in [-0.1, -0.05) is 30.3 Å². The van der Waals surface area contributed by atoms with Crippen LogP contribution in [0.1, 0.15) is 23.7 Å². The van der Waals surface area contributed by atoms with Gasteiger partial charge in [-0.25, -0.2) is 9.98 Å². The first kappa shape index (κ1) is 20.5. The lowest BCUT2D eigenvalue weighted by atomic mass is 10.1. The fraction of sp³-hybridized carbons (Fsp3) is 0.304. The van der Waals surface area contributed by atoms with Crippen LogP contribution in [0.4, 0.5) is 5.69 Å². The second-order valence-electron chi connectivity index (χ2n) is 7.09. The highest BCUT2D eigenvalue weighted by Gasteiger charge is 2.08. The predicted octanol–water partition coefficient (Wildman–Crippen LogP) is 3.97. The first-order chi connectivity index (χ1) is 14.1. The molecule has 3 rings (SSSR count). The maximum Gasteiger partial charge on any atom is 0.226 e. The van der Waals surface area contributed by atoms with E-state index in [4.69, 9.17) is 9.41 Å². The number of nitrogens with one attached hydrogen (secondary N) is 2. The van der Waals surface area contributed by atoms with Gasteiger partial charge in [0.1, 0.15) is 6.26 Å². The first-order valence-electron chi connectivity index (χ1n) is 9.85. The quantitative estimate of drug-likeness (QED) is 0.471. The van der Waals surface area contributed by atoms with Gasteiger partial charge in [0.25, 0.3) is 0 Å². The normalized spacial score (nSPS) is 11.4. The molecule has 0 saturated carbocycles. The molecule has 0 aliphatic rings. The predicted molar refractivity (Wildman–Crippen MR) is 119 cm³/mol. The summed E-state index contributed by atoms with van der Waals surface area (Å²) in [7, 11) is 4.11. The molecule has 0 bridgehead atoms. The molecule has 2 N–H and O–H groups in total. The van der Waals surface area contributed by atoms with E-state index in [0.29, 0.717) is 19.0 Å². The van der Waals surface area contributed by atoms with Gasteiger partial charge in [-0.05, 0) is 43.2 Å². The van der Waals surface area contributed by atoms with E-state index >= 15 is 0 Å². The summed E-state index contributed by atoms with van der Waals surface area (Å²) in [6.45, 7) is 6.08. The largest absolute Gasteiger partial charge is 0.444 e. The minimum absolute atomic E-state index is 0.538. The van der Waals surface area contributed by atoms with E-state index in [1.165, 1.54) is 16.8 Å². The number of guanidine groups is 1. The molecule has 0 saturated heterocycles. The number of nitrogens with zero attached hydrogens (tertiary/aromatic N) is 3. The summed E-state index contributed by atoms with van der Waals surface area (Å²) < 4.78 is 5.61. The van der Waals surface area contributed by atoms with Gasteiger partial charge in [-0.2, -0.15) is 0 Å². The summed E-state index contributed by atoms with van der Waals surface area (Å²) in [5.41, 5.74) is 5.42. The molecule has 29 heavy (non-hydrogen) atoms. The molecule has 0 fully saturated rings. The molecule has 3 aromatic rings. The molecule has 0 radical (unpaired) electrons. The van der Waals surface area contributed by atoms with Gasteiger partial charge in [-0.15, -0.1) is 0 Å². The number of hydrogen-bond donors (Lipinski definition) is 2. The molecule has 0 amide bonds. The Hall–Kier alpha value is -3.28. The summed E-state index contributed by atoms with van der Waals surface area (Å²) in [5, 5.41) is 6.62. The standard InChI is InChI=1S/C23H29N5O/c1-5-24-23(25-14-19-12-11-17(2)13-21(19)28(3)4)26-15-20-16-29-22(27-20)18-9-7-6-8-10-18/h6-13,16H,5,14-15H2,1-4H3,(H2,24,25,26). The van der Waals surface area contributed by atoms with Crippen LogP contribution in [0.2, 0.25) is 0 Å². The molecule has 1 aromatic heterocycles. The van der Waals surface area contributed by atoms with Crippen LogP contribution in [0.25, 0.3) is 11.5 Å². The number of oxazole rings is 1. The average molecular weight is 392 g/mol. The van der Waals surface area contributed by atoms with E-state index in [1.807, 2.05) is 30.3 Å². The number of benzene rings is 2. The smallest absolute Gasteiger partial charge is 0.226 e. The van der Waals surface area contributed by atoms with Crippen molar-refractivity contribution < 1.29 is 4.42 Å². The number of hydrogen-bond acceptors (Lipinski definition) is 4. The molecule has 2 aromatic carbocycles. The molecule has 152 valence electrons. The lowest BCUT2D eigenvalue weighted by Crippen LogP contribution is -2.36. The van der Waals surface area contributed by atoms with Crippen LogP contribution in [-0.2, 0) is 13.1 Å². The maximum atomic E-state index is 5.61. The first-order valence-corrected chi connectivity index (χ1v) is 9.85. The molecule has 1 heterocycles. The Labute approximate surface area is 172 Å². The Morgan fingerprint density at radius 3 is 2.62 bits per heavy atom. The SMILES string of the molecule is CCNC(=NCc1ccc(C)cc1N(C)C)NCc1coc(-c2ccccc2)n1. The van der Waals surface area contributed by atoms with E-state index in [1.54, 1.807) is 6.26 Å². The minimum atomic E-state index is 0.538. The van der Waals surface area contributed by atoms with Gasteiger partial charge in [-0.3, -0.25) is 0 Å². The zero-order valence-electron chi connectivity index (χ0n) is 17.6. The second-order valence-corrected chi connectivity index (χ2v) is 7.09. The fourth-order valence-corrected chi connectivity index (χ4v) is 3.01. The maximum absolute atomic E-state index is 5.61. The van der Waals surface area contributed by atoms with Crippen molar-refractivity contribution in [2.75, 3.05) is 25.5 Å². The van der Waals surface area contributed by atoms with Crippen LogP contribution < -0.4 is 15.5 Å². The summed E-state index contributed by atoms with van der Waals surface area (Å²) in [4.78, 5) is 11.4.